The molecule has 0 spiro atoms. The maximum atomic E-state index is 12.3. The molecule has 2 aromatic rings. The van der Waals surface area contributed by atoms with Gasteiger partial charge in [0.25, 0.3) is 5.91 Å². The summed E-state index contributed by atoms with van der Waals surface area (Å²) in [4.78, 5) is 12.3. The molecule has 0 aromatic carbocycles. The first-order valence-electron chi connectivity index (χ1n) is 6.68. The lowest BCUT2D eigenvalue weighted by Gasteiger charge is -2.24. The summed E-state index contributed by atoms with van der Waals surface area (Å²) in [5.41, 5.74) is 1.16. The van der Waals surface area contributed by atoms with Gasteiger partial charge in [0.05, 0.1) is 5.69 Å². The van der Waals surface area contributed by atoms with E-state index in [2.05, 4.69) is 25.2 Å². The summed E-state index contributed by atoms with van der Waals surface area (Å²) in [6.45, 7) is 6.16. The number of hydrogen-bond acceptors (Lipinski definition) is 5. The van der Waals surface area contributed by atoms with Crippen molar-refractivity contribution in [3.63, 3.8) is 0 Å². The van der Waals surface area contributed by atoms with Crippen molar-refractivity contribution in [2.24, 2.45) is 0 Å². The molecule has 1 aliphatic rings. The first kappa shape index (κ1) is 12.8. The molecule has 106 valence electrons. The lowest BCUT2D eigenvalue weighted by atomic mass is 10.1. The van der Waals surface area contributed by atoms with E-state index in [9.17, 15) is 4.79 Å². The summed E-state index contributed by atoms with van der Waals surface area (Å²) < 4.78 is 7.09. The normalized spacial score (nSPS) is 17.9. The summed E-state index contributed by atoms with van der Waals surface area (Å²) in [5.74, 6) is 2.30. The summed E-state index contributed by atoms with van der Waals surface area (Å²) in [5, 5.41) is 15.0. The molecule has 1 amide bonds. The Morgan fingerprint density at radius 3 is 2.85 bits per heavy atom. The van der Waals surface area contributed by atoms with Crippen molar-refractivity contribution in [1.29, 1.82) is 0 Å². The van der Waals surface area contributed by atoms with Crippen LogP contribution >= 0.6 is 0 Å². The van der Waals surface area contributed by atoms with E-state index in [-0.39, 0.29) is 11.9 Å². The smallest absolute Gasteiger partial charge is 0.257 e. The fourth-order valence-electron chi connectivity index (χ4n) is 2.64. The van der Waals surface area contributed by atoms with Gasteiger partial charge in [0.1, 0.15) is 23.0 Å². The summed E-state index contributed by atoms with van der Waals surface area (Å²) in [6.07, 6.45) is 1.70. The number of aryl methyl sites for hydroxylation is 4. The molecule has 0 radical (unpaired) electrons. The van der Waals surface area contributed by atoms with E-state index in [0.717, 1.165) is 24.5 Å². The molecule has 7 heteroatoms. The van der Waals surface area contributed by atoms with Gasteiger partial charge in [0.15, 0.2) is 0 Å². The van der Waals surface area contributed by atoms with Crippen LogP contribution in [0, 0.1) is 20.8 Å². The Labute approximate surface area is 116 Å². The highest BCUT2D eigenvalue weighted by molar-refractivity contribution is 5.96. The third-order valence-corrected chi connectivity index (χ3v) is 3.73. The maximum Gasteiger partial charge on any atom is 0.257 e. The lowest BCUT2D eigenvalue weighted by Crippen LogP contribution is -2.41. The van der Waals surface area contributed by atoms with Crippen molar-refractivity contribution in [3.05, 3.63) is 28.7 Å². The molecule has 0 aliphatic carbocycles. The third kappa shape index (κ3) is 2.09. The van der Waals surface area contributed by atoms with Crippen LogP contribution in [0.25, 0.3) is 0 Å². The van der Waals surface area contributed by atoms with E-state index < -0.39 is 0 Å². The van der Waals surface area contributed by atoms with Gasteiger partial charge in [-0.2, -0.15) is 0 Å². The van der Waals surface area contributed by atoms with Crippen LogP contribution in [0.5, 0.6) is 0 Å². The number of amides is 1. The molecule has 1 atom stereocenters. The zero-order valence-electron chi connectivity index (χ0n) is 11.8. The van der Waals surface area contributed by atoms with Gasteiger partial charge >= 0.3 is 0 Å². The molecular formula is C13H17N5O2. The highest BCUT2D eigenvalue weighted by Crippen LogP contribution is 2.17. The Morgan fingerprint density at radius 2 is 2.15 bits per heavy atom. The second-order valence-electron chi connectivity index (χ2n) is 5.18. The Morgan fingerprint density at radius 1 is 1.35 bits per heavy atom. The first-order valence-corrected chi connectivity index (χ1v) is 6.68. The monoisotopic (exact) mass is 275 g/mol. The van der Waals surface area contributed by atoms with Gasteiger partial charge in [-0.15, -0.1) is 10.2 Å². The zero-order chi connectivity index (χ0) is 14.3. The van der Waals surface area contributed by atoms with Crippen molar-refractivity contribution in [2.45, 2.75) is 46.2 Å². The van der Waals surface area contributed by atoms with Gasteiger partial charge in [0.2, 0.25) is 0 Å². The summed E-state index contributed by atoms with van der Waals surface area (Å²) in [7, 11) is 0. The van der Waals surface area contributed by atoms with E-state index >= 15 is 0 Å². The predicted molar refractivity (Wildman–Crippen MR) is 70.3 cm³/mol. The van der Waals surface area contributed by atoms with Crippen molar-refractivity contribution in [3.8, 4) is 0 Å². The number of fused-ring (bicyclic) bond motifs is 1. The first-order chi connectivity index (χ1) is 9.56. The van der Waals surface area contributed by atoms with Crippen LogP contribution < -0.4 is 5.32 Å². The minimum Gasteiger partial charge on any atom is -0.361 e. The Balaban J connectivity index is 1.74. The van der Waals surface area contributed by atoms with E-state index in [1.807, 2.05) is 6.92 Å². The number of carbonyl (C=O) groups excluding carboxylic acids is 1. The minimum absolute atomic E-state index is 0.0819. The zero-order valence-corrected chi connectivity index (χ0v) is 11.8. The standard InChI is InChI=1S/C13H17N5O2/c1-7-12(8(2)20-17-7)13(19)14-10-4-5-11-16-15-9(3)18(11)6-10/h10H,4-6H2,1-3H3,(H,14,19). The largest absolute Gasteiger partial charge is 0.361 e. The van der Waals surface area contributed by atoms with Gasteiger partial charge < -0.3 is 14.4 Å². The minimum atomic E-state index is -0.125. The third-order valence-electron chi connectivity index (χ3n) is 3.73. The highest BCUT2D eigenvalue weighted by atomic mass is 16.5. The van der Waals surface area contributed by atoms with E-state index in [1.165, 1.54) is 0 Å². The van der Waals surface area contributed by atoms with Gasteiger partial charge in [0, 0.05) is 19.0 Å². The molecule has 0 bridgehead atoms. The number of aromatic nitrogens is 4. The van der Waals surface area contributed by atoms with E-state index in [4.69, 9.17) is 4.52 Å². The van der Waals surface area contributed by atoms with Crippen LogP contribution in [0.4, 0.5) is 0 Å². The SMILES string of the molecule is Cc1noc(C)c1C(=O)NC1CCc2nnc(C)n2C1. The van der Waals surface area contributed by atoms with Crippen molar-refractivity contribution in [2.75, 3.05) is 0 Å². The molecule has 3 heterocycles. The topological polar surface area (TPSA) is 85.8 Å². The molecule has 7 nitrogen and oxygen atoms in total. The van der Waals surface area contributed by atoms with E-state index in [0.29, 0.717) is 23.6 Å². The molecule has 1 aliphatic heterocycles. The Kier molecular flexibility index (Phi) is 3.04. The molecule has 0 saturated carbocycles. The average molecular weight is 275 g/mol. The molecule has 3 rings (SSSR count). The fraction of sp³-hybridized carbons (Fsp3) is 0.538. The van der Waals surface area contributed by atoms with Gasteiger partial charge in [-0.25, -0.2) is 0 Å². The molecule has 20 heavy (non-hydrogen) atoms. The molecule has 0 saturated heterocycles. The lowest BCUT2D eigenvalue weighted by molar-refractivity contribution is 0.0925. The van der Waals surface area contributed by atoms with Gasteiger partial charge in [-0.1, -0.05) is 5.16 Å². The van der Waals surface area contributed by atoms with Crippen molar-refractivity contribution < 1.29 is 9.32 Å². The van der Waals surface area contributed by atoms with Crippen molar-refractivity contribution in [1.82, 2.24) is 25.2 Å². The van der Waals surface area contributed by atoms with Crippen LogP contribution in [0.3, 0.4) is 0 Å². The highest BCUT2D eigenvalue weighted by Gasteiger charge is 2.25. The van der Waals surface area contributed by atoms with Crippen LogP contribution in [0.1, 0.15) is 39.9 Å². The van der Waals surface area contributed by atoms with Crippen molar-refractivity contribution >= 4 is 5.91 Å². The second kappa shape index (κ2) is 4.73. The molecular weight excluding hydrogens is 258 g/mol. The maximum absolute atomic E-state index is 12.3. The summed E-state index contributed by atoms with van der Waals surface area (Å²) in [6, 6.07) is 0.0819. The summed E-state index contributed by atoms with van der Waals surface area (Å²) >= 11 is 0. The van der Waals surface area contributed by atoms with Gasteiger partial charge in [-0.05, 0) is 27.2 Å². The molecule has 0 fully saturated rings. The predicted octanol–water partition coefficient (Wildman–Crippen LogP) is 0.936. The number of nitrogens with one attached hydrogen (secondary N) is 1. The fourth-order valence-corrected chi connectivity index (χ4v) is 2.64. The number of nitrogens with zero attached hydrogens (tertiary/aromatic N) is 4. The average Bonchev–Trinajstić information content (AvgIpc) is 2.94. The van der Waals surface area contributed by atoms with Crippen LogP contribution in [-0.4, -0.2) is 31.9 Å². The Hall–Kier alpha value is -2.18. The molecule has 1 N–H and O–H groups in total. The quantitative estimate of drug-likeness (QED) is 0.881. The van der Waals surface area contributed by atoms with Crippen LogP contribution in [0.2, 0.25) is 0 Å². The van der Waals surface area contributed by atoms with E-state index in [1.54, 1.807) is 13.8 Å². The number of rotatable bonds is 2. The number of hydrogen-bond donors (Lipinski definition) is 1. The number of carbonyl (C=O) groups is 1. The van der Waals surface area contributed by atoms with Crippen LogP contribution in [0.15, 0.2) is 4.52 Å². The molecule has 1 unspecified atom stereocenters. The second-order valence-corrected chi connectivity index (χ2v) is 5.18. The van der Waals surface area contributed by atoms with Gasteiger partial charge in [-0.3, -0.25) is 4.79 Å². The Bertz CT molecular complexity index is 638. The molecule has 2 aromatic heterocycles. The van der Waals surface area contributed by atoms with Crippen LogP contribution in [-0.2, 0) is 13.0 Å².